The molecular weight excluding hydrogens is 424 g/mol. The summed E-state index contributed by atoms with van der Waals surface area (Å²) in [7, 11) is 1.94. The van der Waals surface area contributed by atoms with E-state index in [1.807, 2.05) is 53.8 Å². The summed E-state index contributed by atoms with van der Waals surface area (Å²) in [5.41, 5.74) is 13.2. The molecule has 32 heavy (non-hydrogen) atoms. The smallest absolute Gasteiger partial charge is 0.155 e. The molecule has 2 N–H and O–H groups in total. The molecule has 0 aromatic carbocycles. The summed E-state index contributed by atoms with van der Waals surface area (Å²) in [5, 5.41) is 8.95. The van der Waals surface area contributed by atoms with Gasteiger partial charge in [-0.05, 0) is 55.4 Å². The number of pyridine rings is 1. The minimum absolute atomic E-state index is 0. The fourth-order valence-corrected chi connectivity index (χ4v) is 5.51. The fourth-order valence-electron chi connectivity index (χ4n) is 5.51. The quantitative estimate of drug-likeness (QED) is 0.504. The first-order chi connectivity index (χ1) is 15.1. The van der Waals surface area contributed by atoms with E-state index in [4.69, 9.17) is 10.7 Å². The molecule has 1 aliphatic heterocycles. The molecule has 4 aromatic rings. The Kier molecular flexibility index (Phi) is 4.94. The molecular formula is C23H27ClN8. The van der Waals surface area contributed by atoms with Gasteiger partial charge in [-0.2, -0.15) is 10.2 Å². The van der Waals surface area contributed by atoms with Crippen LogP contribution in [0.5, 0.6) is 0 Å². The van der Waals surface area contributed by atoms with Crippen LogP contribution in [0.1, 0.15) is 35.8 Å². The maximum absolute atomic E-state index is 6.73. The Labute approximate surface area is 192 Å². The summed E-state index contributed by atoms with van der Waals surface area (Å²) in [4.78, 5) is 12.0. The van der Waals surface area contributed by atoms with Crippen molar-refractivity contribution in [3.05, 3.63) is 59.8 Å². The van der Waals surface area contributed by atoms with Gasteiger partial charge in [0.15, 0.2) is 5.82 Å². The van der Waals surface area contributed by atoms with Crippen molar-refractivity contribution in [2.45, 2.75) is 32.2 Å². The molecule has 1 aliphatic carbocycles. The lowest BCUT2D eigenvalue weighted by Gasteiger charge is -2.42. The highest BCUT2D eigenvalue weighted by atomic mass is 35.5. The Morgan fingerprint density at radius 3 is 2.56 bits per heavy atom. The number of hydrogen-bond donors (Lipinski definition) is 1. The number of piperidine rings is 1. The number of halogens is 1. The predicted octanol–water partition coefficient (Wildman–Crippen LogP) is 3.10. The zero-order chi connectivity index (χ0) is 21.2. The van der Waals surface area contributed by atoms with Crippen LogP contribution in [0.15, 0.2) is 42.9 Å². The van der Waals surface area contributed by atoms with Crippen molar-refractivity contribution in [3.63, 3.8) is 0 Å². The number of rotatable bonds is 2. The summed E-state index contributed by atoms with van der Waals surface area (Å²) in [6.45, 7) is 3.91. The van der Waals surface area contributed by atoms with Gasteiger partial charge in [0, 0.05) is 44.3 Å². The third-order valence-electron chi connectivity index (χ3n) is 7.26. The maximum atomic E-state index is 6.73. The molecule has 5 heterocycles. The molecule has 1 atom stereocenters. The molecule has 1 fully saturated rings. The molecule has 9 heteroatoms. The average molecular weight is 451 g/mol. The van der Waals surface area contributed by atoms with Crippen molar-refractivity contribution >= 4 is 23.7 Å². The van der Waals surface area contributed by atoms with E-state index < -0.39 is 0 Å². The number of hydrogen-bond acceptors (Lipinski definition) is 6. The number of nitrogens with zero attached hydrogens (tertiary/aromatic N) is 7. The topological polar surface area (TPSA) is 90.2 Å². The van der Waals surface area contributed by atoms with Gasteiger partial charge in [0.1, 0.15) is 11.2 Å². The van der Waals surface area contributed by atoms with Gasteiger partial charge in [0.05, 0.1) is 17.6 Å². The van der Waals surface area contributed by atoms with E-state index in [2.05, 4.69) is 26.1 Å². The minimum Gasteiger partial charge on any atom is -0.355 e. The first kappa shape index (κ1) is 20.9. The summed E-state index contributed by atoms with van der Waals surface area (Å²) >= 11 is 0. The lowest BCUT2D eigenvalue weighted by atomic mass is 9.73. The predicted molar refractivity (Wildman–Crippen MR) is 126 cm³/mol. The molecule has 1 saturated heterocycles. The van der Waals surface area contributed by atoms with Crippen molar-refractivity contribution in [2.24, 2.45) is 18.2 Å². The number of anilines is 1. The van der Waals surface area contributed by atoms with E-state index in [0.717, 1.165) is 60.8 Å². The lowest BCUT2D eigenvalue weighted by Crippen LogP contribution is -2.44. The molecule has 6 rings (SSSR count). The first-order valence-corrected chi connectivity index (χ1v) is 10.8. The minimum atomic E-state index is 0. The number of nitrogens with two attached hydrogens (primary N) is 1. The second-order valence-electron chi connectivity index (χ2n) is 8.88. The number of aryl methyl sites for hydroxylation is 2. The second kappa shape index (κ2) is 7.56. The SMILES string of the molecule is Cc1nc(N2CCC3(CC2)Cc2ncccc2[C@H]3N)c2ccnn2c1-c1ccnn1C.Cl. The van der Waals surface area contributed by atoms with Gasteiger partial charge in [0.25, 0.3) is 0 Å². The molecule has 8 nitrogen and oxygen atoms in total. The molecule has 2 aliphatic rings. The van der Waals surface area contributed by atoms with Gasteiger partial charge in [0.2, 0.25) is 0 Å². The summed E-state index contributed by atoms with van der Waals surface area (Å²) in [5.74, 6) is 0.998. The molecule has 0 unspecified atom stereocenters. The normalized spacial score (nSPS) is 19.3. The van der Waals surface area contributed by atoms with Crippen LogP contribution in [0.4, 0.5) is 5.82 Å². The Hall–Kier alpha value is -2.97. The Balaban J connectivity index is 0.00000216. The van der Waals surface area contributed by atoms with E-state index in [1.54, 1.807) is 6.20 Å². The van der Waals surface area contributed by atoms with Gasteiger partial charge in [-0.25, -0.2) is 9.50 Å². The fraction of sp³-hybridized carbons (Fsp3) is 0.391. The van der Waals surface area contributed by atoms with Crippen LogP contribution in [-0.4, -0.2) is 42.5 Å². The third-order valence-corrected chi connectivity index (χ3v) is 7.26. The highest BCUT2D eigenvalue weighted by Crippen LogP contribution is 2.50. The van der Waals surface area contributed by atoms with Crippen LogP contribution < -0.4 is 10.6 Å². The third kappa shape index (κ3) is 2.93. The molecule has 0 radical (unpaired) electrons. The summed E-state index contributed by atoms with van der Waals surface area (Å²) in [6, 6.07) is 8.26. The van der Waals surface area contributed by atoms with Gasteiger partial charge in [-0.1, -0.05) is 6.07 Å². The van der Waals surface area contributed by atoms with Crippen molar-refractivity contribution in [3.8, 4) is 11.4 Å². The number of fused-ring (bicyclic) bond motifs is 2. The van der Waals surface area contributed by atoms with E-state index in [-0.39, 0.29) is 23.9 Å². The summed E-state index contributed by atoms with van der Waals surface area (Å²) in [6.07, 6.45) is 8.59. The van der Waals surface area contributed by atoms with E-state index in [1.165, 1.54) is 11.3 Å². The largest absolute Gasteiger partial charge is 0.355 e. The standard InChI is InChI=1S/C23H26N8.ClH/c1-15-20(18-5-10-26-29(18)2)31-19(6-11-27-31)22(28-15)30-12-7-23(8-13-30)14-17-16(21(23)24)4-3-9-25-17;/h3-6,9-11,21H,7-8,12-14,24H2,1-2H3;1H/t21-;/m1./s1. The van der Waals surface area contributed by atoms with Crippen LogP contribution in [0.2, 0.25) is 0 Å². The molecule has 0 saturated carbocycles. The zero-order valence-electron chi connectivity index (χ0n) is 18.3. The highest BCUT2D eigenvalue weighted by molar-refractivity contribution is 5.85. The van der Waals surface area contributed by atoms with Crippen LogP contribution in [-0.2, 0) is 13.5 Å². The van der Waals surface area contributed by atoms with Gasteiger partial charge < -0.3 is 10.6 Å². The van der Waals surface area contributed by atoms with Crippen molar-refractivity contribution < 1.29 is 0 Å². The van der Waals surface area contributed by atoms with Crippen molar-refractivity contribution in [1.29, 1.82) is 0 Å². The van der Waals surface area contributed by atoms with Crippen molar-refractivity contribution in [2.75, 3.05) is 18.0 Å². The van der Waals surface area contributed by atoms with Gasteiger partial charge in [-0.3, -0.25) is 9.67 Å². The number of aromatic nitrogens is 6. The monoisotopic (exact) mass is 450 g/mol. The molecule has 0 bridgehead atoms. The maximum Gasteiger partial charge on any atom is 0.155 e. The van der Waals surface area contributed by atoms with Crippen LogP contribution in [0.3, 0.4) is 0 Å². The van der Waals surface area contributed by atoms with Crippen LogP contribution in [0.25, 0.3) is 16.9 Å². The highest BCUT2D eigenvalue weighted by Gasteiger charge is 2.46. The van der Waals surface area contributed by atoms with E-state index in [9.17, 15) is 0 Å². The van der Waals surface area contributed by atoms with Gasteiger partial charge >= 0.3 is 0 Å². The van der Waals surface area contributed by atoms with Crippen LogP contribution in [0, 0.1) is 12.3 Å². The average Bonchev–Trinajstić information content (AvgIpc) is 3.48. The molecule has 4 aromatic heterocycles. The van der Waals surface area contributed by atoms with Crippen LogP contribution >= 0.6 is 12.4 Å². The van der Waals surface area contributed by atoms with Crippen molar-refractivity contribution in [1.82, 2.24) is 29.4 Å². The Morgan fingerprint density at radius 1 is 1.06 bits per heavy atom. The molecule has 0 amide bonds. The Morgan fingerprint density at radius 2 is 1.84 bits per heavy atom. The second-order valence-corrected chi connectivity index (χ2v) is 8.88. The Bertz CT molecular complexity index is 1280. The van der Waals surface area contributed by atoms with Gasteiger partial charge in [-0.15, -0.1) is 12.4 Å². The van der Waals surface area contributed by atoms with E-state index >= 15 is 0 Å². The van der Waals surface area contributed by atoms with E-state index in [0.29, 0.717) is 0 Å². The molecule has 166 valence electrons. The molecule has 1 spiro atoms. The lowest BCUT2D eigenvalue weighted by molar-refractivity contribution is 0.187. The summed E-state index contributed by atoms with van der Waals surface area (Å²) < 4.78 is 3.86. The zero-order valence-corrected chi connectivity index (χ0v) is 19.1. The first-order valence-electron chi connectivity index (χ1n) is 10.8.